The number of halogens is 1. The van der Waals surface area contributed by atoms with Crippen molar-refractivity contribution in [2.45, 2.75) is 23.3 Å². The van der Waals surface area contributed by atoms with Crippen LogP contribution in [0.3, 0.4) is 0 Å². The van der Waals surface area contributed by atoms with Crippen molar-refractivity contribution < 1.29 is 33.3 Å². The Bertz CT molecular complexity index is 1120. The largest absolute Gasteiger partial charge is 0.459 e. The Morgan fingerprint density at radius 3 is 1.53 bits per heavy atom. The highest BCUT2D eigenvalue weighted by atomic mass is 79.9. The molecule has 1 heterocycles. The van der Waals surface area contributed by atoms with Crippen LogP contribution in [0.4, 0.5) is 0 Å². The summed E-state index contributed by atoms with van der Waals surface area (Å²) in [4.78, 5) is 37.8. The second kappa shape index (κ2) is 11.1. The van der Waals surface area contributed by atoms with E-state index in [1.54, 1.807) is 91.0 Å². The molecule has 0 N–H and O–H groups in total. The lowest BCUT2D eigenvalue weighted by molar-refractivity contribution is -0.0435. The molecular formula is C26H21BrO7. The minimum Gasteiger partial charge on any atom is -0.459 e. The van der Waals surface area contributed by atoms with Gasteiger partial charge in [-0.3, -0.25) is 0 Å². The number of alkyl halides is 1. The number of hydrogen-bond acceptors (Lipinski definition) is 7. The Morgan fingerprint density at radius 1 is 0.647 bits per heavy atom. The van der Waals surface area contributed by atoms with Crippen molar-refractivity contribution >= 4 is 33.8 Å². The minimum absolute atomic E-state index is 0.206. The van der Waals surface area contributed by atoms with E-state index in [-0.39, 0.29) is 6.61 Å². The third-order valence-corrected chi connectivity index (χ3v) is 5.88. The molecule has 3 aromatic carbocycles. The number of ether oxygens (including phenoxy) is 4. The topological polar surface area (TPSA) is 88.1 Å². The van der Waals surface area contributed by atoms with Crippen molar-refractivity contribution in [1.82, 2.24) is 0 Å². The minimum atomic E-state index is -1.02. The lowest BCUT2D eigenvalue weighted by atomic mass is 10.1. The molecule has 0 amide bonds. The van der Waals surface area contributed by atoms with Gasteiger partial charge in [0, 0.05) is 0 Å². The summed E-state index contributed by atoms with van der Waals surface area (Å²) in [6.07, 6.45) is -2.85. The Labute approximate surface area is 204 Å². The van der Waals surface area contributed by atoms with E-state index in [2.05, 4.69) is 15.9 Å². The van der Waals surface area contributed by atoms with E-state index in [9.17, 15) is 14.4 Å². The van der Waals surface area contributed by atoms with Gasteiger partial charge in [-0.15, -0.1) is 0 Å². The Kier molecular flexibility index (Phi) is 7.72. The molecular weight excluding hydrogens is 504 g/mol. The average molecular weight is 525 g/mol. The van der Waals surface area contributed by atoms with Gasteiger partial charge in [0.15, 0.2) is 17.2 Å². The summed E-state index contributed by atoms with van der Waals surface area (Å²) in [5.41, 5.74) is 1.05. The molecule has 1 saturated heterocycles. The van der Waals surface area contributed by atoms with Crippen molar-refractivity contribution in [3.05, 3.63) is 108 Å². The molecule has 7 nitrogen and oxygen atoms in total. The van der Waals surface area contributed by atoms with Crippen LogP contribution in [-0.4, -0.2) is 47.8 Å². The molecule has 1 unspecified atom stereocenters. The first-order chi connectivity index (χ1) is 16.5. The van der Waals surface area contributed by atoms with E-state index >= 15 is 0 Å². The summed E-state index contributed by atoms with van der Waals surface area (Å²) in [7, 11) is 0. The van der Waals surface area contributed by atoms with Crippen LogP contribution in [0, 0.1) is 0 Å². The van der Waals surface area contributed by atoms with Crippen molar-refractivity contribution in [3.63, 3.8) is 0 Å². The summed E-state index contributed by atoms with van der Waals surface area (Å²) in [6.45, 7) is -0.206. The second-order valence-electron chi connectivity index (χ2n) is 7.46. The standard InChI is InChI=1S/C26H21BrO7/c27-23-22(34-26(30)19-14-8-3-9-15-19)21(33-25(29)18-12-6-2-7-13-18)20(32-23)16-31-24(28)17-10-4-1-5-11-17/h1-15,20-23H,16H2/t20-,21+,22+,23?/m1/s1. The van der Waals surface area contributed by atoms with Crippen LogP contribution in [0.2, 0.25) is 0 Å². The third kappa shape index (κ3) is 5.70. The van der Waals surface area contributed by atoms with Crippen LogP contribution in [0.1, 0.15) is 31.1 Å². The molecule has 1 aliphatic heterocycles. The summed E-state index contributed by atoms with van der Waals surface area (Å²) in [5, 5.41) is -0.783. The second-order valence-corrected chi connectivity index (χ2v) is 8.36. The number of carbonyl (C=O) groups is 3. The van der Waals surface area contributed by atoms with Gasteiger partial charge in [0.1, 0.15) is 12.7 Å². The predicted octanol–water partition coefficient (Wildman–Crippen LogP) is 4.41. The molecule has 4 atom stereocenters. The molecule has 4 rings (SSSR count). The Balaban J connectivity index is 1.51. The van der Waals surface area contributed by atoms with Crippen LogP contribution in [0.25, 0.3) is 0 Å². The fourth-order valence-electron chi connectivity index (χ4n) is 3.43. The summed E-state index contributed by atoms with van der Waals surface area (Å²) in [6, 6.07) is 25.4. The molecule has 0 bridgehead atoms. The number of rotatable bonds is 7. The van der Waals surface area contributed by atoms with Crippen LogP contribution in [0.5, 0.6) is 0 Å². The van der Waals surface area contributed by atoms with E-state index in [1.807, 2.05) is 0 Å². The first-order valence-electron chi connectivity index (χ1n) is 10.6. The monoisotopic (exact) mass is 524 g/mol. The summed E-state index contributed by atoms with van der Waals surface area (Å²) < 4.78 is 22.6. The van der Waals surface area contributed by atoms with E-state index in [1.165, 1.54) is 0 Å². The fourth-order valence-corrected chi connectivity index (χ4v) is 4.11. The maximum absolute atomic E-state index is 12.8. The maximum atomic E-state index is 12.8. The van der Waals surface area contributed by atoms with Gasteiger partial charge in [-0.1, -0.05) is 70.5 Å². The van der Waals surface area contributed by atoms with Gasteiger partial charge in [0.2, 0.25) is 0 Å². The summed E-state index contributed by atoms with van der Waals surface area (Å²) >= 11 is 3.35. The van der Waals surface area contributed by atoms with Gasteiger partial charge in [0.05, 0.1) is 16.7 Å². The average Bonchev–Trinajstić information content (AvgIpc) is 3.17. The van der Waals surface area contributed by atoms with Gasteiger partial charge >= 0.3 is 17.9 Å². The zero-order chi connectivity index (χ0) is 23.9. The normalized spacial score (nSPS) is 21.4. The maximum Gasteiger partial charge on any atom is 0.338 e. The molecule has 174 valence electrons. The number of hydrogen-bond donors (Lipinski definition) is 0. The molecule has 1 fully saturated rings. The lowest BCUT2D eigenvalue weighted by Crippen LogP contribution is -2.41. The van der Waals surface area contributed by atoms with Gasteiger partial charge < -0.3 is 18.9 Å². The third-order valence-electron chi connectivity index (χ3n) is 5.15. The molecule has 0 saturated carbocycles. The SMILES string of the molecule is O=C(OC[C@H]1OC(Br)[C@@H](OC(=O)c2ccccc2)[C@H]1OC(=O)c1ccccc1)c1ccccc1. The molecule has 0 aromatic heterocycles. The molecule has 0 radical (unpaired) electrons. The van der Waals surface area contributed by atoms with E-state index in [0.717, 1.165) is 0 Å². The van der Waals surface area contributed by atoms with Crippen molar-refractivity contribution in [2.75, 3.05) is 6.61 Å². The Hall–Kier alpha value is -3.49. The molecule has 0 spiro atoms. The quantitative estimate of drug-likeness (QED) is 0.257. The van der Waals surface area contributed by atoms with Crippen molar-refractivity contribution in [3.8, 4) is 0 Å². The number of esters is 3. The first kappa shape index (κ1) is 23.7. The molecule has 3 aromatic rings. The zero-order valence-corrected chi connectivity index (χ0v) is 19.5. The van der Waals surface area contributed by atoms with Gasteiger partial charge in [0.25, 0.3) is 0 Å². The van der Waals surface area contributed by atoms with Crippen LogP contribution in [-0.2, 0) is 18.9 Å². The van der Waals surface area contributed by atoms with Gasteiger partial charge in [-0.05, 0) is 36.4 Å². The molecule has 0 aliphatic carbocycles. The fraction of sp³-hybridized carbons (Fsp3) is 0.192. The molecule has 1 aliphatic rings. The zero-order valence-electron chi connectivity index (χ0n) is 17.9. The summed E-state index contributed by atoms with van der Waals surface area (Å²) in [5.74, 6) is -1.76. The lowest BCUT2D eigenvalue weighted by Gasteiger charge is -2.23. The number of carbonyl (C=O) groups excluding carboxylic acids is 3. The van der Waals surface area contributed by atoms with Crippen molar-refractivity contribution in [1.29, 1.82) is 0 Å². The molecule has 8 heteroatoms. The highest BCUT2D eigenvalue weighted by molar-refractivity contribution is 9.09. The van der Waals surface area contributed by atoms with E-state index < -0.39 is 41.2 Å². The van der Waals surface area contributed by atoms with Gasteiger partial charge in [-0.25, -0.2) is 14.4 Å². The van der Waals surface area contributed by atoms with Crippen LogP contribution < -0.4 is 0 Å². The predicted molar refractivity (Wildman–Crippen MR) is 126 cm³/mol. The first-order valence-corrected chi connectivity index (χ1v) is 11.5. The highest BCUT2D eigenvalue weighted by Crippen LogP contribution is 2.32. The van der Waals surface area contributed by atoms with Gasteiger partial charge in [-0.2, -0.15) is 0 Å². The van der Waals surface area contributed by atoms with Crippen LogP contribution in [0.15, 0.2) is 91.0 Å². The van der Waals surface area contributed by atoms with E-state index in [4.69, 9.17) is 18.9 Å². The Morgan fingerprint density at radius 2 is 1.06 bits per heavy atom. The molecule has 34 heavy (non-hydrogen) atoms. The number of benzene rings is 3. The smallest absolute Gasteiger partial charge is 0.338 e. The highest BCUT2D eigenvalue weighted by Gasteiger charge is 2.49. The van der Waals surface area contributed by atoms with Crippen molar-refractivity contribution in [2.24, 2.45) is 0 Å². The van der Waals surface area contributed by atoms with Crippen LogP contribution >= 0.6 is 15.9 Å². The van der Waals surface area contributed by atoms with E-state index in [0.29, 0.717) is 16.7 Å².